The average Bonchev–Trinajstić information content (AvgIpc) is 2.84. The van der Waals surface area contributed by atoms with E-state index in [-0.39, 0.29) is 23.7 Å². The standard InChI is InChI=1S/C25H20N4O3/c30-24(13-17-5-2-1-3-6-17)28-23-15-21(25(31)29-32)14-22(27-23)19-10-8-18(9-11-19)20-7-4-12-26-16-20/h1-12,14-16,32H,13H2,(H,29,31)(H,27,28,30). The summed E-state index contributed by atoms with van der Waals surface area (Å²) in [4.78, 5) is 33.2. The van der Waals surface area contributed by atoms with E-state index < -0.39 is 5.91 Å². The average molecular weight is 424 g/mol. The first-order valence-corrected chi connectivity index (χ1v) is 9.93. The molecule has 2 aromatic heterocycles. The van der Waals surface area contributed by atoms with Crippen LogP contribution in [0.3, 0.4) is 0 Å². The molecule has 0 bridgehead atoms. The predicted molar refractivity (Wildman–Crippen MR) is 121 cm³/mol. The van der Waals surface area contributed by atoms with Crippen LogP contribution < -0.4 is 10.8 Å². The number of hydrogen-bond acceptors (Lipinski definition) is 5. The van der Waals surface area contributed by atoms with E-state index in [0.29, 0.717) is 5.69 Å². The molecule has 0 saturated carbocycles. The first-order valence-electron chi connectivity index (χ1n) is 9.93. The molecule has 0 radical (unpaired) electrons. The molecule has 0 spiro atoms. The fourth-order valence-corrected chi connectivity index (χ4v) is 3.27. The highest BCUT2D eigenvalue weighted by atomic mass is 16.5. The third kappa shape index (κ3) is 5.03. The molecule has 2 aromatic carbocycles. The molecule has 3 N–H and O–H groups in total. The van der Waals surface area contributed by atoms with Gasteiger partial charge in [0.05, 0.1) is 12.1 Å². The van der Waals surface area contributed by atoms with Crippen LogP contribution in [0.2, 0.25) is 0 Å². The molecule has 0 unspecified atom stereocenters. The fraction of sp³-hybridized carbons (Fsp3) is 0.0400. The molecule has 4 rings (SSSR count). The first kappa shape index (κ1) is 20.9. The Morgan fingerprint density at radius 2 is 1.59 bits per heavy atom. The number of hydroxylamine groups is 1. The maximum absolute atomic E-state index is 12.5. The van der Waals surface area contributed by atoms with Crippen molar-refractivity contribution in [3.05, 3.63) is 102 Å². The minimum Gasteiger partial charge on any atom is -0.310 e. The molecular weight excluding hydrogens is 404 g/mol. The number of rotatable bonds is 6. The van der Waals surface area contributed by atoms with Crippen molar-refractivity contribution in [3.63, 3.8) is 0 Å². The monoisotopic (exact) mass is 424 g/mol. The number of amides is 2. The number of benzene rings is 2. The highest BCUT2D eigenvalue weighted by Crippen LogP contribution is 2.25. The number of hydrogen-bond donors (Lipinski definition) is 3. The number of carbonyl (C=O) groups excluding carboxylic acids is 2. The molecule has 7 heteroatoms. The van der Waals surface area contributed by atoms with Crippen LogP contribution >= 0.6 is 0 Å². The molecule has 32 heavy (non-hydrogen) atoms. The summed E-state index contributed by atoms with van der Waals surface area (Å²) in [5.74, 6) is -0.735. The van der Waals surface area contributed by atoms with Crippen molar-refractivity contribution in [1.82, 2.24) is 15.4 Å². The minimum atomic E-state index is -0.695. The lowest BCUT2D eigenvalue weighted by Crippen LogP contribution is -2.20. The van der Waals surface area contributed by atoms with Crippen LogP contribution in [0, 0.1) is 0 Å². The Morgan fingerprint density at radius 1 is 0.844 bits per heavy atom. The highest BCUT2D eigenvalue weighted by Gasteiger charge is 2.13. The fourth-order valence-electron chi connectivity index (χ4n) is 3.27. The molecule has 0 atom stereocenters. The van der Waals surface area contributed by atoms with Crippen molar-refractivity contribution >= 4 is 17.6 Å². The van der Waals surface area contributed by atoms with E-state index in [1.165, 1.54) is 6.07 Å². The zero-order valence-electron chi connectivity index (χ0n) is 17.0. The summed E-state index contributed by atoms with van der Waals surface area (Å²) >= 11 is 0. The van der Waals surface area contributed by atoms with E-state index in [0.717, 1.165) is 22.3 Å². The van der Waals surface area contributed by atoms with Gasteiger partial charge in [-0.3, -0.25) is 19.8 Å². The van der Waals surface area contributed by atoms with E-state index in [1.807, 2.05) is 66.7 Å². The second-order valence-electron chi connectivity index (χ2n) is 7.10. The first-order chi connectivity index (χ1) is 15.6. The normalized spacial score (nSPS) is 10.4. The lowest BCUT2D eigenvalue weighted by molar-refractivity contribution is -0.115. The van der Waals surface area contributed by atoms with Crippen LogP contribution in [-0.4, -0.2) is 27.0 Å². The van der Waals surface area contributed by atoms with Gasteiger partial charge >= 0.3 is 0 Å². The van der Waals surface area contributed by atoms with Gasteiger partial charge in [-0.1, -0.05) is 60.7 Å². The zero-order valence-corrected chi connectivity index (χ0v) is 17.0. The molecule has 0 saturated heterocycles. The SMILES string of the molecule is O=C(Cc1ccccc1)Nc1cc(C(=O)NO)cc(-c2ccc(-c3cccnc3)cc2)n1. The van der Waals surface area contributed by atoms with Gasteiger partial charge in [0.25, 0.3) is 5.91 Å². The van der Waals surface area contributed by atoms with E-state index >= 15 is 0 Å². The molecule has 0 aliphatic carbocycles. The van der Waals surface area contributed by atoms with Gasteiger partial charge in [-0.15, -0.1) is 0 Å². The number of nitrogens with one attached hydrogen (secondary N) is 2. The lowest BCUT2D eigenvalue weighted by atomic mass is 10.0. The Kier molecular flexibility index (Phi) is 6.29. The Hall–Kier alpha value is -4.36. The predicted octanol–water partition coefficient (Wildman–Crippen LogP) is 4.11. The zero-order chi connectivity index (χ0) is 22.3. The van der Waals surface area contributed by atoms with Gasteiger partial charge in [0.15, 0.2) is 0 Å². The molecule has 0 fully saturated rings. The van der Waals surface area contributed by atoms with Crippen LogP contribution in [0.4, 0.5) is 5.82 Å². The van der Waals surface area contributed by atoms with Crippen molar-refractivity contribution in [3.8, 4) is 22.4 Å². The second-order valence-corrected chi connectivity index (χ2v) is 7.10. The number of carbonyl (C=O) groups is 2. The number of anilines is 1. The Labute approximate surface area is 184 Å². The minimum absolute atomic E-state index is 0.170. The molecule has 2 heterocycles. The molecular formula is C25H20N4O3. The van der Waals surface area contributed by atoms with E-state index in [2.05, 4.69) is 15.3 Å². The molecule has 158 valence electrons. The molecule has 7 nitrogen and oxygen atoms in total. The van der Waals surface area contributed by atoms with Crippen LogP contribution in [-0.2, 0) is 11.2 Å². The van der Waals surface area contributed by atoms with Crippen LogP contribution in [0.5, 0.6) is 0 Å². The Balaban J connectivity index is 1.61. The molecule has 0 aliphatic heterocycles. The summed E-state index contributed by atoms with van der Waals surface area (Å²) in [5.41, 5.74) is 5.86. The van der Waals surface area contributed by atoms with E-state index in [9.17, 15) is 9.59 Å². The maximum atomic E-state index is 12.5. The van der Waals surface area contributed by atoms with Gasteiger partial charge < -0.3 is 5.32 Å². The van der Waals surface area contributed by atoms with Gasteiger partial charge in [0, 0.05) is 23.5 Å². The van der Waals surface area contributed by atoms with Crippen LogP contribution in [0.25, 0.3) is 22.4 Å². The quantitative estimate of drug-likeness (QED) is 0.319. The lowest BCUT2D eigenvalue weighted by Gasteiger charge is -2.10. The summed E-state index contributed by atoms with van der Waals surface area (Å²) in [6.07, 6.45) is 3.67. The third-order valence-electron chi connectivity index (χ3n) is 4.84. The maximum Gasteiger partial charge on any atom is 0.274 e. The van der Waals surface area contributed by atoms with Crippen molar-refractivity contribution in [1.29, 1.82) is 0 Å². The van der Waals surface area contributed by atoms with Gasteiger partial charge in [0.1, 0.15) is 5.82 Å². The van der Waals surface area contributed by atoms with Crippen molar-refractivity contribution < 1.29 is 14.8 Å². The smallest absolute Gasteiger partial charge is 0.274 e. The summed E-state index contributed by atoms with van der Waals surface area (Å²) < 4.78 is 0. The third-order valence-corrected chi connectivity index (χ3v) is 4.84. The van der Waals surface area contributed by atoms with Crippen molar-refractivity contribution in [2.75, 3.05) is 5.32 Å². The molecule has 4 aromatic rings. The van der Waals surface area contributed by atoms with Gasteiger partial charge in [-0.25, -0.2) is 10.5 Å². The van der Waals surface area contributed by atoms with Gasteiger partial charge in [0.2, 0.25) is 5.91 Å². The summed E-state index contributed by atoms with van der Waals surface area (Å²) in [6, 6.07) is 23.7. The van der Waals surface area contributed by atoms with E-state index in [4.69, 9.17) is 5.21 Å². The van der Waals surface area contributed by atoms with Crippen LogP contribution in [0.1, 0.15) is 15.9 Å². The highest BCUT2D eigenvalue weighted by molar-refractivity contribution is 5.97. The topological polar surface area (TPSA) is 104 Å². The second kappa shape index (κ2) is 9.63. The summed E-state index contributed by atoms with van der Waals surface area (Å²) in [7, 11) is 0. The Bertz CT molecular complexity index is 1230. The summed E-state index contributed by atoms with van der Waals surface area (Å²) in [5, 5.41) is 11.8. The van der Waals surface area contributed by atoms with Crippen molar-refractivity contribution in [2.24, 2.45) is 0 Å². The van der Waals surface area contributed by atoms with E-state index in [1.54, 1.807) is 23.9 Å². The number of nitrogens with zero attached hydrogens (tertiary/aromatic N) is 2. The molecule has 2 amide bonds. The Morgan fingerprint density at radius 3 is 2.28 bits per heavy atom. The number of aromatic nitrogens is 2. The number of pyridine rings is 2. The van der Waals surface area contributed by atoms with Crippen LogP contribution in [0.15, 0.2) is 91.3 Å². The van der Waals surface area contributed by atoms with Gasteiger partial charge in [-0.05, 0) is 34.9 Å². The summed E-state index contributed by atoms with van der Waals surface area (Å²) in [6.45, 7) is 0. The van der Waals surface area contributed by atoms with Gasteiger partial charge in [-0.2, -0.15) is 0 Å². The largest absolute Gasteiger partial charge is 0.310 e. The molecule has 0 aliphatic rings. The van der Waals surface area contributed by atoms with Crippen molar-refractivity contribution in [2.45, 2.75) is 6.42 Å².